The number of nitrogens with two attached hydrogens (primary N) is 1. The average molecular weight is 290 g/mol. The van der Waals surface area contributed by atoms with Gasteiger partial charge in [0.25, 0.3) is 5.91 Å². The van der Waals surface area contributed by atoms with Gasteiger partial charge in [0.1, 0.15) is 4.88 Å². The van der Waals surface area contributed by atoms with Gasteiger partial charge in [-0.25, -0.2) is 0 Å². The number of thiophene rings is 1. The van der Waals surface area contributed by atoms with Crippen molar-refractivity contribution >= 4 is 33.0 Å². The number of aryl methyl sites for hydroxylation is 1. The fourth-order valence-electron chi connectivity index (χ4n) is 2.67. The predicted octanol–water partition coefficient (Wildman–Crippen LogP) is 2.39. The van der Waals surface area contributed by atoms with Crippen LogP contribution in [0.15, 0.2) is 18.2 Å². The second-order valence-electron chi connectivity index (χ2n) is 5.39. The van der Waals surface area contributed by atoms with E-state index in [4.69, 9.17) is 5.73 Å². The maximum absolute atomic E-state index is 12.6. The third-order valence-corrected chi connectivity index (χ3v) is 4.93. The molecule has 3 N–H and O–H groups in total. The summed E-state index contributed by atoms with van der Waals surface area (Å²) < 4.78 is 1.04. The predicted molar refractivity (Wildman–Crippen MR) is 82.1 cm³/mol. The molecule has 20 heavy (non-hydrogen) atoms. The van der Waals surface area contributed by atoms with Crippen molar-refractivity contribution in [2.75, 3.05) is 18.8 Å². The molecule has 1 aliphatic rings. The van der Waals surface area contributed by atoms with Gasteiger partial charge in [-0.15, -0.1) is 11.3 Å². The van der Waals surface area contributed by atoms with Crippen molar-refractivity contribution in [3.63, 3.8) is 0 Å². The number of aliphatic hydroxyl groups excluding tert-OH is 1. The molecule has 1 aliphatic heterocycles. The van der Waals surface area contributed by atoms with E-state index in [0.29, 0.717) is 23.7 Å². The minimum Gasteiger partial charge on any atom is -0.397 e. The molecule has 4 nitrogen and oxygen atoms in total. The van der Waals surface area contributed by atoms with Gasteiger partial charge in [0.2, 0.25) is 0 Å². The molecule has 1 fully saturated rings. The monoisotopic (exact) mass is 290 g/mol. The maximum atomic E-state index is 12.6. The Morgan fingerprint density at radius 1 is 1.50 bits per heavy atom. The summed E-state index contributed by atoms with van der Waals surface area (Å²) in [6.07, 6.45) is 1.20. The second kappa shape index (κ2) is 5.07. The quantitative estimate of drug-likeness (QED) is 0.847. The molecule has 2 aromatic rings. The molecular formula is C15H18N2O2S. The number of benzene rings is 1. The minimum absolute atomic E-state index is 0.0555. The molecule has 1 saturated heterocycles. The van der Waals surface area contributed by atoms with E-state index in [9.17, 15) is 9.90 Å². The Morgan fingerprint density at radius 3 is 3.05 bits per heavy atom. The fraction of sp³-hybridized carbons (Fsp3) is 0.400. The van der Waals surface area contributed by atoms with Crippen molar-refractivity contribution in [1.82, 2.24) is 4.90 Å². The van der Waals surface area contributed by atoms with Gasteiger partial charge < -0.3 is 15.7 Å². The van der Waals surface area contributed by atoms with Crippen molar-refractivity contribution < 1.29 is 9.90 Å². The Kier molecular flexibility index (Phi) is 3.40. The number of carbonyl (C=O) groups excluding carboxylic acids is 1. The number of aliphatic hydroxyl groups is 1. The first kappa shape index (κ1) is 13.4. The average Bonchev–Trinajstić information content (AvgIpc) is 2.75. The van der Waals surface area contributed by atoms with Crippen LogP contribution < -0.4 is 5.73 Å². The van der Waals surface area contributed by atoms with Crippen molar-refractivity contribution in [2.24, 2.45) is 0 Å². The van der Waals surface area contributed by atoms with Gasteiger partial charge in [-0.2, -0.15) is 0 Å². The van der Waals surface area contributed by atoms with E-state index in [1.807, 2.05) is 25.1 Å². The van der Waals surface area contributed by atoms with Crippen LogP contribution in [0.2, 0.25) is 0 Å². The number of rotatable bonds is 1. The van der Waals surface area contributed by atoms with Gasteiger partial charge >= 0.3 is 0 Å². The molecule has 106 valence electrons. The van der Waals surface area contributed by atoms with E-state index in [2.05, 4.69) is 0 Å². The molecule has 3 rings (SSSR count). The topological polar surface area (TPSA) is 66.6 Å². The Morgan fingerprint density at radius 2 is 2.30 bits per heavy atom. The number of hydrogen-bond donors (Lipinski definition) is 2. The second-order valence-corrected chi connectivity index (χ2v) is 6.44. The third-order valence-electron chi connectivity index (χ3n) is 3.76. The van der Waals surface area contributed by atoms with E-state index in [1.54, 1.807) is 4.90 Å². The van der Waals surface area contributed by atoms with E-state index in [0.717, 1.165) is 28.5 Å². The molecule has 1 unspecified atom stereocenters. The molecule has 5 heteroatoms. The molecule has 2 heterocycles. The number of piperidine rings is 1. The summed E-state index contributed by atoms with van der Waals surface area (Å²) in [6.45, 7) is 3.12. The van der Waals surface area contributed by atoms with Crippen LogP contribution >= 0.6 is 11.3 Å². The van der Waals surface area contributed by atoms with Crippen LogP contribution in [-0.2, 0) is 0 Å². The molecule has 1 aromatic carbocycles. The summed E-state index contributed by atoms with van der Waals surface area (Å²) in [5.41, 5.74) is 7.85. The first-order chi connectivity index (χ1) is 9.56. The minimum atomic E-state index is -0.412. The maximum Gasteiger partial charge on any atom is 0.266 e. The molecule has 0 aliphatic carbocycles. The van der Waals surface area contributed by atoms with Gasteiger partial charge in [0.15, 0.2) is 0 Å². The number of fused-ring (bicyclic) bond motifs is 1. The first-order valence-corrected chi connectivity index (χ1v) is 7.64. The Hall–Kier alpha value is -1.59. The summed E-state index contributed by atoms with van der Waals surface area (Å²) in [7, 11) is 0. The highest BCUT2D eigenvalue weighted by molar-refractivity contribution is 7.21. The van der Waals surface area contributed by atoms with Crippen molar-refractivity contribution in [3.8, 4) is 0 Å². The van der Waals surface area contributed by atoms with Crippen molar-refractivity contribution in [1.29, 1.82) is 0 Å². The lowest BCUT2D eigenvalue weighted by Gasteiger charge is -2.29. The summed E-state index contributed by atoms with van der Waals surface area (Å²) in [6, 6.07) is 6.05. The lowest BCUT2D eigenvalue weighted by atomic mass is 10.1. The zero-order valence-corrected chi connectivity index (χ0v) is 12.2. The Bertz CT molecular complexity index is 665. The van der Waals surface area contributed by atoms with Crippen LogP contribution in [-0.4, -0.2) is 35.1 Å². The smallest absolute Gasteiger partial charge is 0.266 e. The van der Waals surface area contributed by atoms with Crippen molar-refractivity contribution in [2.45, 2.75) is 25.9 Å². The highest BCUT2D eigenvalue weighted by atomic mass is 32.1. The lowest BCUT2D eigenvalue weighted by molar-refractivity contribution is 0.0478. The highest BCUT2D eigenvalue weighted by Gasteiger charge is 2.26. The Labute approximate surface area is 121 Å². The van der Waals surface area contributed by atoms with Gasteiger partial charge in [-0.3, -0.25) is 4.79 Å². The van der Waals surface area contributed by atoms with E-state index >= 15 is 0 Å². The number of β-amino-alcohol motifs (C(OH)–C–C–N with tert-alkyl or cyclic N) is 1. The van der Waals surface area contributed by atoms with E-state index in [1.165, 1.54) is 11.3 Å². The number of anilines is 1. The molecule has 1 aromatic heterocycles. The normalized spacial score (nSPS) is 19.5. The summed E-state index contributed by atoms with van der Waals surface area (Å²) in [5, 5.41) is 10.7. The number of carbonyl (C=O) groups is 1. The van der Waals surface area contributed by atoms with Crippen LogP contribution in [0.4, 0.5) is 5.69 Å². The van der Waals surface area contributed by atoms with Crippen LogP contribution in [0.5, 0.6) is 0 Å². The van der Waals surface area contributed by atoms with E-state index in [-0.39, 0.29) is 5.91 Å². The van der Waals surface area contributed by atoms with Gasteiger partial charge in [0, 0.05) is 23.2 Å². The van der Waals surface area contributed by atoms with Crippen LogP contribution in [0.3, 0.4) is 0 Å². The molecule has 0 spiro atoms. The highest BCUT2D eigenvalue weighted by Crippen LogP contribution is 2.35. The zero-order chi connectivity index (χ0) is 14.3. The fourth-order valence-corrected chi connectivity index (χ4v) is 3.74. The van der Waals surface area contributed by atoms with E-state index < -0.39 is 6.10 Å². The summed E-state index contributed by atoms with van der Waals surface area (Å²) in [5.74, 6) is -0.0555. The largest absolute Gasteiger partial charge is 0.397 e. The number of nitrogens with zero attached hydrogens (tertiary/aromatic N) is 1. The number of nitrogen functional groups attached to an aromatic ring is 1. The van der Waals surface area contributed by atoms with Crippen LogP contribution in [0.25, 0.3) is 10.1 Å². The first-order valence-electron chi connectivity index (χ1n) is 6.82. The number of amides is 1. The van der Waals surface area contributed by atoms with Crippen LogP contribution in [0.1, 0.15) is 28.1 Å². The molecule has 0 radical (unpaired) electrons. The van der Waals surface area contributed by atoms with Gasteiger partial charge in [-0.05, 0) is 31.9 Å². The molecule has 0 bridgehead atoms. The van der Waals surface area contributed by atoms with Crippen molar-refractivity contribution in [3.05, 3.63) is 28.6 Å². The molecule has 0 saturated carbocycles. The molecule has 1 atom stereocenters. The zero-order valence-electron chi connectivity index (χ0n) is 11.4. The molecule has 1 amide bonds. The Balaban J connectivity index is 1.97. The summed E-state index contributed by atoms with van der Waals surface area (Å²) in [4.78, 5) is 14.9. The number of likely N-dealkylation sites (tertiary alicyclic amines) is 1. The van der Waals surface area contributed by atoms with Crippen LogP contribution in [0, 0.1) is 6.92 Å². The summed E-state index contributed by atoms with van der Waals surface area (Å²) >= 11 is 1.44. The number of hydrogen-bond acceptors (Lipinski definition) is 4. The third kappa shape index (κ3) is 2.27. The SMILES string of the molecule is Cc1ccc2sc(C(=O)N3CCCC(O)C3)c(N)c2c1. The van der Waals surface area contributed by atoms with Gasteiger partial charge in [-0.1, -0.05) is 11.6 Å². The lowest BCUT2D eigenvalue weighted by Crippen LogP contribution is -2.42. The standard InChI is InChI=1S/C15H18N2O2S/c1-9-4-5-12-11(7-9)13(16)14(20-12)15(19)17-6-2-3-10(18)8-17/h4-5,7,10,18H,2-3,6,8,16H2,1H3. The van der Waals surface area contributed by atoms with Gasteiger partial charge in [0.05, 0.1) is 11.8 Å². The molecular weight excluding hydrogens is 272 g/mol.